The number of rotatable bonds is 8. The average Bonchev–Trinajstić information content (AvgIpc) is 2.71. The number of benzene rings is 1. The van der Waals surface area contributed by atoms with Crippen LogP contribution in [0.15, 0.2) is 41.6 Å². The Labute approximate surface area is 161 Å². The van der Waals surface area contributed by atoms with Crippen LogP contribution in [0.3, 0.4) is 0 Å². The summed E-state index contributed by atoms with van der Waals surface area (Å²) in [5.74, 6) is 2.55. The molecule has 0 saturated carbocycles. The van der Waals surface area contributed by atoms with Crippen LogP contribution in [0.5, 0.6) is 5.75 Å². The zero-order valence-electron chi connectivity index (χ0n) is 16.2. The van der Waals surface area contributed by atoms with Crippen LogP contribution in [0.25, 0.3) is 0 Å². The molecule has 3 rings (SSSR count). The second kappa shape index (κ2) is 9.90. The Hall–Kier alpha value is -2.63. The first kappa shape index (κ1) is 19.1. The highest BCUT2D eigenvalue weighted by Gasteiger charge is 2.20. The molecule has 1 aliphatic rings. The van der Waals surface area contributed by atoms with Gasteiger partial charge in [-0.1, -0.05) is 17.3 Å². The van der Waals surface area contributed by atoms with Gasteiger partial charge in [0.15, 0.2) is 5.82 Å². The van der Waals surface area contributed by atoms with Crippen LogP contribution in [0, 0.1) is 12.8 Å². The van der Waals surface area contributed by atoms with Gasteiger partial charge >= 0.3 is 0 Å². The van der Waals surface area contributed by atoms with Crippen LogP contribution in [0.1, 0.15) is 36.9 Å². The van der Waals surface area contributed by atoms with E-state index in [0.29, 0.717) is 5.92 Å². The second-order valence-corrected chi connectivity index (χ2v) is 6.97. The smallest absolute Gasteiger partial charge is 0.151 e. The minimum Gasteiger partial charge on any atom is -0.494 e. The molecule has 1 aromatic carbocycles. The van der Waals surface area contributed by atoms with Crippen molar-refractivity contribution in [1.82, 2.24) is 10.2 Å². The summed E-state index contributed by atoms with van der Waals surface area (Å²) in [6, 6.07) is 12.0. The molecule has 1 aliphatic heterocycles. The zero-order valence-corrected chi connectivity index (χ0v) is 16.2. The Morgan fingerprint density at radius 3 is 3.00 bits per heavy atom. The predicted molar refractivity (Wildman–Crippen MR) is 107 cm³/mol. The fraction of sp³-hybridized carbons (Fsp3) is 0.476. The zero-order chi connectivity index (χ0) is 18.9. The second-order valence-electron chi connectivity index (χ2n) is 6.97. The number of aryl methyl sites for hydroxylation is 1. The molecule has 144 valence electrons. The maximum atomic E-state index is 5.90. The fourth-order valence-electron chi connectivity index (χ4n) is 3.43. The Kier molecular flexibility index (Phi) is 7.02. The van der Waals surface area contributed by atoms with Gasteiger partial charge < -0.3 is 14.5 Å². The maximum absolute atomic E-state index is 5.90. The SMILES string of the molecule is CON=Cc1cccc(OCCCC2CCCN(c3ccc(C)nn3)C2)c1. The number of nitrogens with zero attached hydrogens (tertiary/aromatic N) is 4. The van der Waals surface area contributed by atoms with Gasteiger partial charge in [0.1, 0.15) is 12.9 Å². The maximum Gasteiger partial charge on any atom is 0.151 e. The van der Waals surface area contributed by atoms with Crippen LogP contribution in [0.4, 0.5) is 5.82 Å². The summed E-state index contributed by atoms with van der Waals surface area (Å²) >= 11 is 0. The van der Waals surface area contributed by atoms with Gasteiger partial charge in [-0.15, -0.1) is 5.10 Å². The molecular weight excluding hydrogens is 340 g/mol. The van der Waals surface area contributed by atoms with E-state index in [1.54, 1.807) is 6.21 Å². The highest BCUT2D eigenvalue weighted by Crippen LogP contribution is 2.24. The van der Waals surface area contributed by atoms with E-state index >= 15 is 0 Å². The molecule has 6 nitrogen and oxygen atoms in total. The van der Waals surface area contributed by atoms with Crippen molar-refractivity contribution in [3.05, 3.63) is 47.7 Å². The number of hydrogen-bond donors (Lipinski definition) is 0. The summed E-state index contributed by atoms with van der Waals surface area (Å²) in [7, 11) is 1.54. The van der Waals surface area contributed by atoms with Crippen LogP contribution in [0.2, 0.25) is 0 Å². The third-order valence-corrected chi connectivity index (χ3v) is 4.82. The van der Waals surface area contributed by atoms with Crippen molar-refractivity contribution in [1.29, 1.82) is 0 Å². The minimum absolute atomic E-state index is 0.686. The normalized spacial score (nSPS) is 17.3. The Bertz CT molecular complexity index is 733. The van der Waals surface area contributed by atoms with E-state index in [2.05, 4.69) is 26.3 Å². The molecule has 6 heteroatoms. The monoisotopic (exact) mass is 368 g/mol. The summed E-state index contributed by atoms with van der Waals surface area (Å²) in [5.41, 5.74) is 1.93. The number of hydrogen-bond acceptors (Lipinski definition) is 6. The van der Waals surface area contributed by atoms with Gasteiger partial charge in [0, 0.05) is 13.1 Å². The molecule has 1 unspecified atom stereocenters. The van der Waals surface area contributed by atoms with Crippen LogP contribution in [-0.2, 0) is 4.84 Å². The highest BCUT2D eigenvalue weighted by molar-refractivity contribution is 5.79. The number of anilines is 1. The molecule has 1 fully saturated rings. The van der Waals surface area contributed by atoms with Gasteiger partial charge in [0.25, 0.3) is 0 Å². The summed E-state index contributed by atoms with van der Waals surface area (Å²) in [6.07, 6.45) is 6.38. The summed E-state index contributed by atoms with van der Waals surface area (Å²) in [5, 5.41) is 12.3. The Morgan fingerprint density at radius 2 is 2.19 bits per heavy atom. The molecule has 0 aliphatic carbocycles. The number of piperidine rings is 1. The summed E-state index contributed by atoms with van der Waals surface area (Å²) < 4.78 is 5.90. The molecule has 0 radical (unpaired) electrons. The van der Waals surface area contributed by atoms with Gasteiger partial charge in [0.05, 0.1) is 18.5 Å². The molecule has 0 spiro atoms. The van der Waals surface area contributed by atoms with Crippen LogP contribution in [-0.4, -0.2) is 43.2 Å². The van der Waals surface area contributed by atoms with E-state index in [1.165, 1.54) is 26.4 Å². The van der Waals surface area contributed by atoms with E-state index in [4.69, 9.17) is 9.57 Å². The molecule has 1 atom stereocenters. The lowest BCUT2D eigenvalue weighted by molar-refractivity contribution is 0.215. The van der Waals surface area contributed by atoms with E-state index in [-0.39, 0.29) is 0 Å². The Balaban J connectivity index is 1.42. The van der Waals surface area contributed by atoms with Crippen LogP contribution >= 0.6 is 0 Å². The van der Waals surface area contributed by atoms with Crippen molar-refractivity contribution < 1.29 is 9.57 Å². The van der Waals surface area contributed by atoms with E-state index in [1.807, 2.05) is 37.3 Å². The van der Waals surface area contributed by atoms with Gasteiger partial charge in [-0.25, -0.2) is 0 Å². The number of aromatic nitrogens is 2. The van der Waals surface area contributed by atoms with Crippen molar-refractivity contribution in [3.63, 3.8) is 0 Å². The fourth-order valence-corrected chi connectivity index (χ4v) is 3.43. The van der Waals surface area contributed by atoms with Crippen molar-refractivity contribution in [3.8, 4) is 5.75 Å². The van der Waals surface area contributed by atoms with Gasteiger partial charge in [-0.05, 0) is 68.4 Å². The quantitative estimate of drug-likeness (QED) is 0.402. The molecule has 1 saturated heterocycles. The highest BCUT2D eigenvalue weighted by atomic mass is 16.6. The molecule has 2 heterocycles. The third-order valence-electron chi connectivity index (χ3n) is 4.82. The van der Waals surface area contributed by atoms with Crippen molar-refractivity contribution in [2.45, 2.75) is 32.6 Å². The molecule has 0 N–H and O–H groups in total. The van der Waals surface area contributed by atoms with Crippen LogP contribution < -0.4 is 9.64 Å². The summed E-state index contributed by atoms with van der Waals surface area (Å²) in [4.78, 5) is 7.08. The van der Waals surface area contributed by atoms with E-state index < -0.39 is 0 Å². The third kappa shape index (κ3) is 5.94. The number of oxime groups is 1. The van der Waals surface area contributed by atoms with E-state index in [9.17, 15) is 0 Å². The predicted octanol–water partition coefficient (Wildman–Crippen LogP) is 3.84. The van der Waals surface area contributed by atoms with Crippen molar-refractivity contribution in [2.75, 3.05) is 31.7 Å². The molecule has 0 bridgehead atoms. The average molecular weight is 368 g/mol. The largest absolute Gasteiger partial charge is 0.494 e. The van der Waals surface area contributed by atoms with Gasteiger partial charge in [-0.2, -0.15) is 5.10 Å². The first-order valence-electron chi connectivity index (χ1n) is 9.59. The van der Waals surface area contributed by atoms with E-state index in [0.717, 1.165) is 48.9 Å². The molecular formula is C21H28N4O2. The first-order valence-corrected chi connectivity index (χ1v) is 9.59. The van der Waals surface area contributed by atoms with Crippen molar-refractivity contribution >= 4 is 12.0 Å². The van der Waals surface area contributed by atoms with Crippen molar-refractivity contribution in [2.24, 2.45) is 11.1 Å². The topological polar surface area (TPSA) is 59.8 Å². The Morgan fingerprint density at radius 1 is 1.26 bits per heavy atom. The first-order chi connectivity index (χ1) is 13.2. The lowest BCUT2D eigenvalue weighted by atomic mass is 9.93. The minimum atomic E-state index is 0.686. The summed E-state index contributed by atoms with van der Waals surface area (Å²) in [6.45, 7) is 4.82. The van der Waals surface area contributed by atoms with Gasteiger partial charge in [0.2, 0.25) is 0 Å². The standard InChI is InChI=1S/C21H28N4O2/c1-17-10-11-21(24-23-17)25-12-4-7-18(16-25)8-5-13-27-20-9-3-6-19(14-20)15-22-26-2/h3,6,9-11,14-15,18H,4-5,7-8,12-13,16H2,1-2H3. The molecule has 27 heavy (non-hydrogen) atoms. The molecule has 1 aromatic heterocycles. The lowest BCUT2D eigenvalue weighted by Gasteiger charge is -2.33. The molecule has 2 aromatic rings. The van der Waals surface area contributed by atoms with Gasteiger partial charge in [-0.3, -0.25) is 0 Å². The number of ether oxygens (including phenoxy) is 1. The lowest BCUT2D eigenvalue weighted by Crippen LogP contribution is -2.36. The molecule has 0 amide bonds.